The molecule has 3 rings (SSSR count). The molecular weight excluding hydrogens is 235 g/mol. The van der Waals surface area contributed by atoms with Gasteiger partial charge in [-0.15, -0.1) is 0 Å². The lowest BCUT2D eigenvalue weighted by Gasteiger charge is -2.00. The summed E-state index contributed by atoms with van der Waals surface area (Å²) in [6.45, 7) is -0.848. The molecule has 18 heavy (non-hydrogen) atoms. The van der Waals surface area contributed by atoms with E-state index in [0.29, 0.717) is 17.3 Å². The van der Waals surface area contributed by atoms with Crippen LogP contribution in [0.1, 0.15) is 0 Å². The molecule has 0 bridgehead atoms. The molecule has 0 aliphatic rings. The van der Waals surface area contributed by atoms with Crippen LogP contribution >= 0.6 is 0 Å². The molecule has 90 valence electrons. The number of nitrogens with zero attached hydrogens (tertiary/aromatic N) is 4. The molecule has 0 unspecified atom stereocenters. The second-order valence-corrected chi connectivity index (χ2v) is 3.59. The summed E-state index contributed by atoms with van der Waals surface area (Å²) >= 11 is 0. The molecule has 0 saturated heterocycles. The highest BCUT2D eigenvalue weighted by molar-refractivity contribution is 5.61. The van der Waals surface area contributed by atoms with Crippen molar-refractivity contribution in [1.82, 2.24) is 19.6 Å². The Hall–Kier alpha value is -2.50. The molecule has 0 radical (unpaired) electrons. The van der Waals surface area contributed by atoms with Crippen molar-refractivity contribution < 1.29 is 9.13 Å². The van der Waals surface area contributed by atoms with Crippen molar-refractivity contribution in [2.24, 2.45) is 0 Å². The van der Waals surface area contributed by atoms with Crippen molar-refractivity contribution in [2.75, 3.05) is 6.86 Å². The van der Waals surface area contributed by atoms with Crippen LogP contribution in [0.25, 0.3) is 17.0 Å². The average Bonchev–Trinajstić information content (AvgIpc) is 2.83. The van der Waals surface area contributed by atoms with E-state index in [0.717, 1.165) is 5.52 Å². The first kappa shape index (κ1) is 10.6. The Balaban J connectivity index is 2.06. The molecule has 0 fully saturated rings. The third-order valence-electron chi connectivity index (χ3n) is 2.45. The van der Waals surface area contributed by atoms with Gasteiger partial charge in [0.2, 0.25) is 6.86 Å². The van der Waals surface area contributed by atoms with Crippen molar-refractivity contribution in [3.63, 3.8) is 0 Å². The Morgan fingerprint density at radius 1 is 1.22 bits per heavy atom. The normalized spacial score (nSPS) is 10.7. The summed E-state index contributed by atoms with van der Waals surface area (Å²) in [5.74, 6) is 1.01. The Bertz CT molecular complexity index is 668. The van der Waals surface area contributed by atoms with Crippen LogP contribution in [0.4, 0.5) is 4.39 Å². The number of rotatable bonds is 3. The maximum absolute atomic E-state index is 12.1. The van der Waals surface area contributed by atoms with Crippen LogP contribution in [0.15, 0.2) is 42.9 Å². The molecule has 5 nitrogen and oxygen atoms in total. The molecule has 0 aliphatic carbocycles. The van der Waals surface area contributed by atoms with E-state index in [2.05, 4.69) is 15.1 Å². The van der Waals surface area contributed by atoms with E-state index in [1.807, 2.05) is 6.07 Å². The summed E-state index contributed by atoms with van der Waals surface area (Å²) in [5, 5.41) is 4.33. The average molecular weight is 244 g/mol. The lowest BCUT2D eigenvalue weighted by molar-refractivity contribution is 0.192. The van der Waals surface area contributed by atoms with Crippen LogP contribution in [0.2, 0.25) is 0 Å². The monoisotopic (exact) mass is 244 g/mol. The first-order valence-electron chi connectivity index (χ1n) is 5.32. The van der Waals surface area contributed by atoms with E-state index in [1.54, 1.807) is 41.3 Å². The largest absolute Gasteiger partial charge is 0.463 e. The molecule has 0 saturated carbocycles. The SMILES string of the molecule is FCOc1ccn2nc(-c3ncccn3)cc2c1. The predicted molar refractivity (Wildman–Crippen MR) is 62.8 cm³/mol. The highest BCUT2D eigenvalue weighted by Gasteiger charge is 2.07. The standard InChI is InChI=1S/C12H9FN4O/c13-8-18-10-2-5-17-9(6-10)7-11(16-17)12-14-3-1-4-15-12/h1-7H,8H2. The third kappa shape index (κ3) is 1.88. The van der Waals surface area contributed by atoms with Gasteiger partial charge in [-0.2, -0.15) is 5.10 Å². The van der Waals surface area contributed by atoms with Gasteiger partial charge in [0.15, 0.2) is 5.82 Å². The van der Waals surface area contributed by atoms with E-state index in [4.69, 9.17) is 4.74 Å². The number of pyridine rings is 1. The fraction of sp³-hybridized carbons (Fsp3) is 0.0833. The van der Waals surface area contributed by atoms with E-state index in [-0.39, 0.29) is 0 Å². The summed E-state index contributed by atoms with van der Waals surface area (Å²) in [7, 11) is 0. The Kier molecular flexibility index (Phi) is 2.60. The fourth-order valence-electron chi connectivity index (χ4n) is 1.67. The van der Waals surface area contributed by atoms with Crippen LogP contribution in [-0.2, 0) is 0 Å². The van der Waals surface area contributed by atoms with Crippen LogP contribution in [0.5, 0.6) is 5.75 Å². The highest BCUT2D eigenvalue weighted by atomic mass is 19.1. The zero-order valence-corrected chi connectivity index (χ0v) is 9.32. The minimum atomic E-state index is -0.848. The van der Waals surface area contributed by atoms with Crippen LogP contribution in [-0.4, -0.2) is 26.4 Å². The van der Waals surface area contributed by atoms with Gasteiger partial charge in [0.1, 0.15) is 11.4 Å². The minimum absolute atomic E-state index is 0.463. The number of hydrogen-bond donors (Lipinski definition) is 0. The summed E-state index contributed by atoms with van der Waals surface area (Å²) in [6.07, 6.45) is 5.01. The highest BCUT2D eigenvalue weighted by Crippen LogP contribution is 2.19. The molecule has 0 N–H and O–H groups in total. The quantitative estimate of drug-likeness (QED) is 0.708. The summed E-state index contributed by atoms with van der Waals surface area (Å²) in [4.78, 5) is 8.25. The van der Waals surface area contributed by atoms with Gasteiger partial charge in [-0.05, 0) is 18.2 Å². The van der Waals surface area contributed by atoms with E-state index < -0.39 is 6.86 Å². The Morgan fingerprint density at radius 2 is 2.06 bits per heavy atom. The zero-order valence-electron chi connectivity index (χ0n) is 9.32. The van der Waals surface area contributed by atoms with Gasteiger partial charge in [-0.3, -0.25) is 0 Å². The van der Waals surface area contributed by atoms with Gasteiger partial charge in [-0.1, -0.05) is 0 Å². The first-order valence-corrected chi connectivity index (χ1v) is 5.32. The predicted octanol–water partition coefficient (Wildman–Crippen LogP) is 2.10. The van der Waals surface area contributed by atoms with Crippen molar-refractivity contribution in [1.29, 1.82) is 0 Å². The second kappa shape index (κ2) is 4.40. The zero-order chi connectivity index (χ0) is 12.4. The van der Waals surface area contributed by atoms with Gasteiger partial charge in [-0.25, -0.2) is 18.9 Å². The van der Waals surface area contributed by atoms with E-state index >= 15 is 0 Å². The van der Waals surface area contributed by atoms with Gasteiger partial charge >= 0.3 is 0 Å². The van der Waals surface area contributed by atoms with Crippen molar-refractivity contribution in [3.05, 3.63) is 42.9 Å². The van der Waals surface area contributed by atoms with Crippen LogP contribution in [0, 0.1) is 0 Å². The van der Waals surface area contributed by atoms with Crippen molar-refractivity contribution in [2.45, 2.75) is 0 Å². The minimum Gasteiger partial charge on any atom is -0.463 e. The molecule has 3 aromatic rings. The molecular formula is C12H9FN4O. The van der Waals surface area contributed by atoms with Gasteiger partial charge in [0, 0.05) is 24.7 Å². The lowest BCUT2D eigenvalue weighted by atomic mass is 10.3. The second-order valence-electron chi connectivity index (χ2n) is 3.59. The maximum Gasteiger partial charge on any atom is 0.228 e. The topological polar surface area (TPSA) is 52.3 Å². The summed E-state index contributed by atoms with van der Waals surface area (Å²) in [6, 6.07) is 6.92. The van der Waals surface area contributed by atoms with Crippen LogP contribution in [0.3, 0.4) is 0 Å². The van der Waals surface area contributed by atoms with Crippen molar-refractivity contribution >= 4 is 5.52 Å². The number of alkyl halides is 1. The fourth-order valence-corrected chi connectivity index (χ4v) is 1.67. The van der Waals surface area contributed by atoms with Gasteiger partial charge < -0.3 is 4.74 Å². The number of ether oxygens (including phenoxy) is 1. The van der Waals surface area contributed by atoms with E-state index in [1.165, 1.54) is 0 Å². The maximum atomic E-state index is 12.1. The molecule has 3 heterocycles. The third-order valence-corrected chi connectivity index (χ3v) is 2.45. The molecule has 0 spiro atoms. The van der Waals surface area contributed by atoms with Crippen molar-refractivity contribution in [3.8, 4) is 17.3 Å². The summed E-state index contributed by atoms with van der Waals surface area (Å²) < 4.78 is 18.5. The van der Waals surface area contributed by atoms with Gasteiger partial charge in [0.05, 0.1) is 5.52 Å². The number of halogens is 1. The van der Waals surface area contributed by atoms with Crippen LogP contribution < -0.4 is 4.74 Å². The molecule has 0 amide bonds. The van der Waals surface area contributed by atoms with E-state index in [9.17, 15) is 4.39 Å². The smallest absolute Gasteiger partial charge is 0.228 e. The molecule has 3 aromatic heterocycles. The number of aromatic nitrogens is 4. The summed E-state index contributed by atoms with van der Waals surface area (Å²) in [5.41, 5.74) is 1.46. The van der Waals surface area contributed by atoms with Gasteiger partial charge in [0.25, 0.3) is 0 Å². The Morgan fingerprint density at radius 3 is 2.83 bits per heavy atom. The number of hydrogen-bond acceptors (Lipinski definition) is 4. The number of fused-ring (bicyclic) bond motifs is 1. The molecule has 0 aliphatic heterocycles. The molecule has 0 aromatic carbocycles. The lowest BCUT2D eigenvalue weighted by Crippen LogP contribution is -1.92. The molecule has 6 heteroatoms. The Labute approximate surface area is 102 Å². The first-order chi connectivity index (χ1) is 8.86. The molecule has 0 atom stereocenters.